The molecule has 0 aromatic rings. The summed E-state index contributed by atoms with van der Waals surface area (Å²) in [5, 5.41) is 8.96. The van der Waals surface area contributed by atoms with Gasteiger partial charge in [0.25, 0.3) is 0 Å². The lowest BCUT2D eigenvalue weighted by atomic mass is 10.0. The van der Waals surface area contributed by atoms with Gasteiger partial charge in [-0.1, -0.05) is 187 Å². The molecule has 4 heteroatoms. The highest BCUT2D eigenvalue weighted by molar-refractivity contribution is 7.57. The molecule has 269 valence electrons. The van der Waals surface area contributed by atoms with Gasteiger partial charge in [-0.3, -0.25) is 4.79 Å². The van der Waals surface area contributed by atoms with Crippen molar-refractivity contribution in [3.8, 4) is 0 Å². The molecule has 0 saturated heterocycles. The van der Waals surface area contributed by atoms with Crippen LogP contribution in [0.5, 0.6) is 0 Å². The van der Waals surface area contributed by atoms with E-state index in [1.54, 1.807) is 0 Å². The van der Waals surface area contributed by atoms with Gasteiger partial charge in [-0.2, -0.15) is 0 Å². The van der Waals surface area contributed by atoms with Gasteiger partial charge in [0.15, 0.2) is 5.52 Å². The second-order valence-electron chi connectivity index (χ2n) is 13.6. The molecule has 3 nitrogen and oxygen atoms in total. The fourth-order valence-corrected chi connectivity index (χ4v) is 6.63. The maximum absolute atomic E-state index is 12.1. The van der Waals surface area contributed by atoms with Crippen LogP contribution in [0.2, 0.25) is 0 Å². The van der Waals surface area contributed by atoms with E-state index in [1.807, 2.05) is 0 Å². The molecule has 0 bridgehead atoms. The molecule has 0 saturated carbocycles. The van der Waals surface area contributed by atoms with Crippen molar-refractivity contribution in [2.45, 2.75) is 232 Å². The topological polar surface area (TPSA) is 63.3 Å². The lowest BCUT2D eigenvalue weighted by Crippen LogP contribution is -2.19. The minimum atomic E-state index is -0.267. The van der Waals surface area contributed by atoms with Crippen molar-refractivity contribution in [1.82, 2.24) is 0 Å². The van der Waals surface area contributed by atoms with Crippen molar-refractivity contribution < 1.29 is 9.90 Å². The predicted octanol–water partition coefficient (Wildman–Crippen LogP) is 13.9. The monoisotopic (exact) mass is 653 g/mol. The fraction of sp³-hybridized carbons (Fsp3) is 0.927. The van der Waals surface area contributed by atoms with Crippen molar-refractivity contribution in [2.75, 3.05) is 12.7 Å². The van der Waals surface area contributed by atoms with Crippen LogP contribution in [0.15, 0.2) is 12.2 Å². The fourth-order valence-electron chi connectivity index (χ4n) is 5.68. The van der Waals surface area contributed by atoms with Gasteiger partial charge in [-0.15, -0.1) is 0 Å². The van der Waals surface area contributed by atoms with E-state index >= 15 is 0 Å². The zero-order valence-corrected chi connectivity index (χ0v) is 32.0. The summed E-state index contributed by atoms with van der Waals surface area (Å²) in [6.07, 6.45) is 47.7. The Morgan fingerprint density at radius 2 is 0.889 bits per heavy atom. The lowest BCUT2D eigenvalue weighted by molar-refractivity contribution is -0.111. The molecule has 0 amide bonds. The Bertz CT molecular complexity index is 568. The number of unbranched alkanes of at least 4 members (excludes halogenated alkanes) is 26. The molecule has 3 N–H and O–H groups in total. The van der Waals surface area contributed by atoms with Crippen molar-refractivity contribution >= 4 is 14.1 Å². The van der Waals surface area contributed by atoms with Crippen LogP contribution in [-0.4, -0.2) is 29.4 Å². The molecule has 0 aliphatic rings. The Morgan fingerprint density at radius 1 is 0.533 bits per heavy atom. The molecular weight excluding hydrogens is 569 g/mol. The van der Waals surface area contributed by atoms with E-state index < -0.39 is 0 Å². The third-order valence-electron chi connectivity index (χ3n) is 8.87. The van der Waals surface area contributed by atoms with Gasteiger partial charge < -0.3 is 10.8 Å². The van der Waals surface area contributed by atoms with Gasteiger partial charge in [0.2, 0.25) is 0 Å². The number of aliphatic hydroxyl groups is 1. The average molecular weight is 653 g/mol. The highest BCUT2D eigenvalue weighted by Gasteiger charge is 2.03. The van der Waals surface area contributed by atoms with Crippen LogP contribution in [-0.2, 0) is 4.79 Å². The van der Waals surface area contributed by atoms with Crippen LogP contribution >= 0.6 is 8.58 Å². The highest BCUT2D eigenvalue weighted by Crippen LogP contribution is 2.20. The van der Waals surface area contributed by atoms with E-state index in [4.69, 9.17) is 10.8 Å². The molecule has 0 spiro atoms. The number of carbonyl (C=O) groups is 1. The molecule has 0 aliphatic heterocycles. The number of aliphatic hydroxyl groups excluding tert-OH is 1. The van der Waals surface area contributed by atoms with E-state index in [-0.39, 0.29) is 6.10 Å². The normalized spacial score (nSPS) is 12.3. The molecule has 45 heavy (non-hydrogen) atoms. The Hall–Kier alpha value is -0.240. The predicted molar refractivity (Wildman–Crippen MR) is 206 cm³/mol. The lowest BCUT2D eigenvalue weighted by Gasteiger charge is -2.04. The third kappa shape index (κ3) is 45.9. The molecule has 0 rings (SSSR count). The maximum Gasteiger partial charge on any atom is 0.159 e. The molecular formula is C41H83NO2P. The molecule has 0 aromatic heterocycles. The number of carbonyl (C=O) groups excluding carboxylic acids is 1. The molecule has 1 atom stereocenters. The molecule has 0 aliphatic carbocycles. The first-order chi connectivity index (χ1) is 22.1. The summed E-state index contributed by atoms with van der Waals surface area (Å²) in [6, 6.07) is 0. The summed E-state index contributed by atoms with van der Waals surface area (Å²) in [6.45, 7) is 7.13. The minimum Gasteiger partial charge on any atom is -0.392 e. The first-order valence-electron chi connectivity index (χ1n) is 20.4. The summed E-state index contributed by atoms with van der Waals surface area (Å²) in [4.78, 5) is 12.1. The highest BCUT2D eigenvalue weighted by atomic mass is 31.1. The van der Waals surface area contributed by atoms with Gasteiger partial charge in [-0.25, -0.2) is 0 Å². The summed E-state index contributed by atoms with van der Waals surface area (Å²) in [5.41, 5.74) is 5.70. The van der Waals surface area contributed by atoms with E-state index in [1.165, 1.54) is 180 Å². The van der Waals surface area contributed by atoms with Gasteiger partial charge in [-0.05, 0) is 59.7 Å². The maximum atomic E-state index is 12.1. The van der Waals surface area contributed by atoms with Crippen LogP contribution in [0.1, 0.15) is 226 Å². The number of rotatable bonds is 36. The first-order valence-corrected chi connectivity index (χ1v) is 21.4. The van der Waals surface area contributed by atoms with Crippen LogP contribution in [0.4, 0.5) is 0 Å². The largest absolute Gasteiger partial charge is 0.392 e. The van der Waals surface area contributed by atoms with Gasteiger partial charge in [0, 0.05) is 13.0 Å². The smallest absolute Gasteiger partial charge is 0.159 e. The van der Waals surface area contributed by atoms with E-state index in [0.717, 1.165) is 40.4 Å². The zero-order chi connectivity index (χ0) is 33.3. The molecule has 0 heterocycles. The SMILES string of the molecule is CCCCCC(O)CN.CCCCCCCC/C=C\CCCCCCCC[P]C(=O)CCCCCCCCCCCCCCC. The van der Waals surface area contributed by atoms with Gasteiger partial charge in [0.05, 0.1) is 6.10 Å². The van der Waals surface area contributed by atoms with Crippen molar-refractivity contribution in [3.05, 3.63) is 12.2 Å². The minimum absolute atomic E-state index is 0.267. The Labute approximate surface area is 286 Å². The van der Waals surface area contributed by atoms with Crippen LogP contribution < -0.4 is 5.73 Å². The Morgan fingerprint density at radius 3 is 1.31 bits per heavy atom. The summed E-state index contributed by atoms with van der Waals surface area (Å²) >= 11 is 0. The summed E-state index contributed by atoms with van der Waals surface area (Å²) < 4.78 is 0. The van der Waals surface area contributed by atoms with E-state index in [9.17, 15) is 4.79 Å². The van der Waals surface area contributed by atoms with E-state index in [0.29, 0.717) is 12.1 Å². The molecule has 1 radical (unpaired) electrons. The van der Waals surface area contributed by atoms with Crippen molar-refractivity contribution in [1.29, 1.82) is 0 Å². The quantitative estimate of drug-likeness (QED) is 0.0402. The standard InChI is InChI=1S/C34H66OP.C7H17NO/c1-3-5-7-9-11-13-15-17-18-19-21-23-25-27-29-31-33-36-34(35)32-30-28-26-24-22-20-16-14-12-10-8-6-4-2;1-2-3-4-5-7(9)6-8/h17-18H,3-16,19-33H2,1-2H3;7,9H,2-6,8H2,1H3/b18-17-;. The molecule has 0 fully saturated rings. The average Bonchev–Trinajstić information content (AvgIpc) is 3.05. The van der Waals surface area contributed by atoms with Gasteiger partial charge >= 0.3 is 0 Å². The molecule has 0 aromatic carbocycles. The van der Waals surface area contributed by atoms with Crippen LogP contribution in [0.25, 0.3) is 0 Å². The van der Waals surface area contributed by atoms with Crippen molar-refractivity contribution in [3.63, 3.8) is 0 Å². The second-order valence-corrected chi connectivity index (χ2v) is 14.9. The Balaban J connectivity index is 0. The third-order valence-corrected chi connectivity index (χ3v) is 9.98. The van der Waals surface area contributed by atoms with Crippen molar-refractivity contribution in [2.24, 2.45) is 5.73 Å². The van der Waals surface area contributed by atoms with Crippen LogP contribution in [0.3, 0.4) is 0 Å². The summed E-state index contributed by atoms with van der Waals surface area (Å²) in [7, 11) is 1.09. The van der Waals surface area contributed by atoms with Crippen LogP contribution in [0, 0.1) is 0 Å². The Kier molecular flexibility index (Phi) is 45.6. The van der Waals surface area contributed by atoms with Gasteiger partial charge in [0.1, 0.15) is 0 Å². The first kappa shape index (κ1) is 46.9. The summed E-state index contributed by atoms with van der Waals surface area (Å²) in [5.74, 6) is 0. The number of allylic oxidation sites excluding steroid dienone is 2. The number of hydrogen-bond donors (Lipinski definition) is 2. The zero-order valence-electron chi connectivity index (χ0n) is 31.2. The molecule has 1 unspecified atom stereocenters. The number of hydrogen-bond acceptors (Lipinski definition) is 3. The second kappa shape index (κ2) is 43.8. The van der Waals surface area contributed by atoms with E-state index in [2.05, 4.69) is 32.9 Å². The number of nitrogens with two attached hydrogens (primary N) is 1.